The van der Waals surface area contributed by atoms with Gasteiger partial charge in [-0.05, 0) is 129 Å². The average Bonchev–Trinajstić information content (AvgIpc) is 1.63. The molecule has 0 bridgehead atoms. The van der Waals surface area contributed by atoms with E-state index >= 15 is 0 Å². The third-order valence-corrected chi connectivity index (χ3v) is 22.9. The normalized spacial score (nSPS) is 20.4. The van der Waals surface area contributed by atoms with E-state index in [1.807, 2.05) is 94.9 Å². The fourth-order valence-electron chi connectivity index (χ4n) is 16.3. The molecule has 4 aromatic rings. The number of carbonyl (C=O) groups is 9. The molecular formula is C87H107N11O14. The van der Waals surface area contributed by atoms with Crippen LogP contribution in [0.1, 0.15) is 155 Å². The Morgan fingerprint density at radius 2 is 0.652 bits per heavy atom. The SMILES string of the molecule is COC(=O)C[C@H](C(=O)N1CCC[C@H]1C1=NC=C(c2ccc(-c3ccc(C4=CN=C([C@@H]5CCCN5C(=O)C(NC(=O)OC)C(C)C)C4)cc3)cc2)C1)C(C)C.COC(=O)C[C@H](C(=O)N1CCC[C@H]1C1=NC=C(c2ccc(-c3ccc(C4=CN=C([C@@H]5CN(C(=O)OC)CN5C(=O)C(NC(=O)OC)C(C)C)C4)cc3)cc2)C1)C(C)C. The molecule has 8 heterocycles. The van der Waals surface area contributed by atoms with Crippen molar-refractivity contribution in [3.63, 3.8) is 0 Å². The Kier molecular flexibility index (Phi) is 27.1. The molecule has 0 saturated carbocycles. The minimum Gasteiger partial charge on any atom is -0.469 e. The summed E-state index contributed by atoms with van der Waals surface area (Å²) < 4.78 is 24.2. The zero-order valence-electron chi connectivity index (χ0n) is 66.7. The predicted molar refractivity (Wildman–Crippen MR) is 431 cm³/mol. The molecule has 25 nitrogen and oxygen atoms in total. The minimum atomic E-state index is -0.853. The summed E-state index contributed by atoms with van der Waals surface area (Å²) in [6, 6.07) is 31.5. The van der Waals surface area contributed by atoms with Crippen LogP contribution in [0.3, 0.4) is 0 Å². The fourth-order valence-corrected chi connectivity index (χ4v) is 16.3. The van der Waals surface area contributed by atoms with Crippen molar-refractivity contribution in [3.05, 3.63) is 144 Å². The Balaban J connectivity index is 0.000000222. The van der Waals surface area contributed by atoms with Crippen molar-refractivity contribution < 1.29 is 66.8 Å². The van der Waals surface area contributed by atoms with E-state index in [-0.39, 0.29) is 103 Å². The topological polar surface area (TPSA) is 289 Å². The maximum Gasteiger partial charge on any atom is 0.410 e. The van der Waals surface area contributed by atoms with E-state index in [9.17, 15) is 43.2 Å². The molecule has 8 aliphatic heterocycles. The zero-order chi connectivity index (χ0) is 80.2. The molecule has 7 amide bonds. The molecule has 112 heavy (non-hydrogen) atoms. The molecule has 8 aliphatic rings. The maximum absolute atomic E-state index is 13.8. The first-order valence-corrected chi connectivity index (χ1v) is 39.1. The first kappa shape index (κ1) is 82.1. The molecule has 8 atom stereocenters. The minimum absolute atomic E-state index is 0.00262. The summed E-state index contributed by atoms with van der Waals surface area (Å²) >= 11 is 0. The molecule has 0 aromatic heterocycles. The Bertz CT molecular complexity index is 4300. The van der Waals surface area contributed by atoms with Gasteiger partial charge < -0.3 is 53.9 Å². The van der Waals surface area contributed by atoms with Gasteiger partial charge in [0.15, 0.2) is 0 Å². The summed E-state index contributed by atoms with van der Waals surface area (Å²) in [5, 5.41) is 5.36. The van der Waals surface area contributed by atoms with Crippen LogP contribution in [0.15, 0.2) is 142 Å². The number of alkyl carbamates (subject to hydrolysis) is 2. The highest BCUT2D eigenvalue weighted by atomic mass is 16.6. The Morgan fingerprint density at radius 3 is 0.929 bits per heavy atom. The van der Waals surface area contributed by atoms with Crippen LogP contribution in [0, 0.1) is 35.5 Å². The third kappa shape index (κ3) is 18.8. The van der Waals surface area contributed by atoms with Gasteiger partial charge in [-0.15, -0.1) is 0 Å². The average molecular weight is 1530 g/mol. The van der Waals surface area contributed by atoms with E-state index in [1.54, 1.807) is 4.90 Å². The van der Waals surface area contributed by atoms with Crippen LogP contribution < -0.4 is 10.6 Å². The summed E-state index contributed by atoms with van der Waals surface area (Å²) in [5.74, 6) is -2.24. The van der Waals surface area contributed by atoms with E-state index in [2.05, 4.69) is 108 Å². The number of hydrogen-bond donors (Lipinski definition) is 2. The lowest BCUT2D eigenvalue weighted by Crippen LogP contribution is -2.54. The van der Waals surface area contributed by atoms with E-state index < -0.39 is 48.2 Å². The molecule has 594 valence electrons. The number of nitrogens with zero attached hydrogens (tertiary/aromatic N) is 9. The highest BCUT2D eigenvalue weighted by Gasteiger charge is 2.46. The highest BCUT2D eigenvalue weighted by Crippen LogP contribution is 2.39. The molecule has 4 fully saturated rings. The van der Waals surface area contributed by atoms with Crippen molar-refractivity contribution in [3.8, 4) is 22.3 Å². The Morgan fingerprint density at radius 1 is 0.366 bits per heavy atom. The molecule has 2 N–H and O–H groups in total. The quantitative estimate of drug-likeness (QED) is 0.0487. The number of methoxy groups -OCH3 is 5. The highest BCUT2D eigenvalue weighted by molar-refractivity contribution is 6.07. The van der Waals surface area contributed by atoms with E-state index in [1.165, 1.54) is 40.4 Å². The first-order valence-electron chi connectivity index (χ1n) is 39.1. The van der Waals surface area contributed by atoms with Gasteiger partial charge in [0, 0.05) is 93.0 Å². The lowest BCUT2D eigenvalue weighted by molar-refractivity contribution is -0.148. The summed E-state index contributed by atoms with van der Waals surface area (Å²) in [6.45, 7) is 17.6. The van der Waals surface area contributed by atoms with E-state index in [0.717, 1.165) is 128 Å². The number of amides is 7. The molecule has 25 heteroatoms. The van der Waals surface area contributed by atoms with Gasteiger partial charge in [0.2, 0.25) is 23.6 Å². The molecule has 0 spiro atoms. The molecule has 12 rings (SSSR count). The summed E-state index contributed by atoms with van der Waals surface area (Å²) in [6.07, 6.45) is 13.7. The lowest BCUT2D eigenvalue weighted by Gasteiger charge is -2.31. The number of likely N-dealkylation sites (tertiary alicyclic amines) is 3. The predicted octanol–water partition coefficient (Wildman–Crippen LogP) is 13.1. The van der Waals surface area contributed by atoms with Gasteiger partial charge in [-0.25, -0.2) is 14.4 Å². The molecule has 0 aliphatic carbocycles. The van der Waals surface area contributed by atoms with Crippen molar-refractivity contribution >= 4 is 99.0 Å². The van der Waals surface area contributed by atoms with E-state index in [4.69, 9.17) is 43.7 Å². The number of benzene rings is 4. The summed E-state index contributed by atoms with van der Waals surface area (Å²) in [5.41, 5.74) is 16.7. The number of esters is 2. The zero-order valence-corrected chi connectivity index (χ0v) is 66.7. The van der Waals surface area contributed by atoms with Crippen molar-refractivity contribution in [1.29, 1.82) is 0 Å². The third-order valence-electron chi connectivity index (χ3n) is 22.9. The van der Waals surface area contributed by atoms with Crippen LogP contribution in [0.5, 0.6) is 0 Å². The van der Waals surface area contributed by atoms with Gasteiger partial charge in [-0.2, -0.15) is 0 Å². The van der Waals surface area contributed by atoms with Crippen LogP contribution in [-0.2, 0) is 52.5 Å². The fraction of sp³-hybridized carbons (Fsp3) is 0.483. The second kappa shape index (κ2) is 37.0. The van der Waals surface area contributed by atoms with Crippen LogP contribution in [0.4, 0.5) is 14.4 Å². The second-order valence-corrected chi connectivity index (χ2v) is 31.3. The molecule has 0 radical (unpaired) electrons. The van der Waals surface area contributed by atoms with Crippen molar-refractivity contribution in [1.82, 2.24) is 35.1 Å². The number of rotatable bonds is 24. The number of ether oxygens (including phenoxy) is 5. The Hall–Kier alpha value is -10.8. The van der Waals surface area contributed by atoms with Gasteiger partial charge in [-0.1, -0.05) is 152 Å². The molecule has 4 saturated heterocycles. The standard InChI is InChI=1S/C44H54N6O8.C43H53N5O6/c1-26(2)34(21-39(51)56-5)41(52)49-18-8-9-37(49)35-19-32(22-45-35)30-14-10-28(11-15-30)29-12-16-31(17-13-29)33-20-36(46-23-33)38-24-48(44(55)58-7)25-50(38)42(53)40(27(3)4)47-43(54)57-6;1-26(2)34(23-39(49)53-5)41(50)47-19-7-9-37(47)35-21-32(24-44-35)30-15-11-28(12-16-30)29-13-17-31(18-14-29)33-22-36(45-25-33)38-10-8-20-48(38)42(51)40(27(3)4)46-43(52)54-6/h10-17,22-23,26-27,34,37-38,40H,8-9,18-21,24-25H2,1-7H3,(H,47,54);11-18,24-27,34,37-38,40H,7-10,19-23H2,1-6H3,(H,46,52)/t2*34-,37-,38-,40?/m00/s1. The van der Waals surface area contributed by atoms with Crippen LogP contribution in [0.2, 0.25) is 0 Å². The Labute approximate surface area is 656 Å². The van der Waals surface area contributed by atoms with Gasteiger partial charge >= 0.3 is 30.2 Å². The van der Waals surface area contributed by atoms with Gasteiger partial charge in [0.05, 0.1) is 97.6 Å². The molecule has 4 aromatic carbocycles. The van der Waals surface area contributed by atoms with Crippen molar-refractivity contribution in [2.75, 3.05) is 68.4 Å². The first-order chi connectivity index (χ1) is 53.8. The van der Waals surface area contributed by atoms with Gasteiger partial charge in [0.1, 0.15) is 12.1 Å². The summed E-state index contributed by atoms with van der Waals surface area (Å²) in [4.78, 5) is 143. The van der Waals surface area contributed by atoms with E-state index in [0.29, 0.717) is 45.3 Å². The smallest absolute Gasteiger partial charge is 0.410 e. The van der Waals surface area contributed by atoms with Crippen LogP contribution in [-0.4, -0.2) is 206 Å². The largest absolute Gasteiger partial charge is 0.469 e. The second-order valence-electron chi connectivity index (χ2n) is 31.3. The monoisotopic (exact) mass is 1530 g/mol. The maximum atomic E-state index is 13.8. The van der Waals surface area contributed by atoms with Gasteiger partial charge in [0.25, 0.3) is 0 Å². The number of allylic oxidation sites excluding steroid dienone is 4. The van der Waals surface area contributed by atoms with Gasteiger partial charge in [-0.3, -0.25) is 53.6 Å². The van der Waals surface area contributed by atoms with Crippen LogP contribution >= 0.6 is 0 Å². The number of aliphatic imine (C=N–C) groups is 4. The number of hydrogen-bond acceptors (Lipinski definition) is 18. The van der Waals surface area contributed by atoms with Crippen LogP contribution in [0.25, 0.3) is 44.5 Å². The summed E-state index contributed by atoms with van der Waals surface area (Å²) in [7, 11) is 6.57. The number of nitrogens with one attached hydrogen (secondary N) is 2. The lowest BCUT2D eigenvalue weighted by atomic mass is 9.90. The molecular weight excluding hydrogens is 1420 g/mol. The molecule has 2 unspecified atom stereocenters. The van der Waals surface area contributed by atoms with Crippen molar-refractivity contribution in [2.24, 2.45) is 55.5 Å². The van der Waals surface area contributed by atoms with Crippen molar-refractivity contribution in [2.45, 2.75) is 169 Å². The number of carbonyl (C=O) groups excluding carboxylic acids is 9.